The third-order valence-electron chi connectivity index (χ3n) is 2.22. The normalized spacial score (nSPS) is 22.2. The van der Waals surface area contributed by atoms with E-state index in [1.165, 1.54) is 11.9 Å². The third-order valence-corrected chi connectivity index (χ3v) is 2.22. The van der Waals surface area contributed by atoms with Crippen LogP contribution in [0.2, 0.25) is 0 Å². The molecule has 2 amide bonds. The van der Waals surface area contributed by atoms with E-state index in [0.29, 0.717) is 11.1 Å². The van der Waals surface area contributed by atoms with Crippen LogP contribution in [0.15, 0.2) is 23.3 Å². The van der Waals surface area contributed by atoms with Gasteiger partial charge in [0.05, 0.1) is 0 Å². The largest absolute Gasteiger partial charge is 0.277 e. The Labute approximate surface area is 70.4 Å². The molecule has 3 nitrogen and oxygen atoms in total. The van der Waals surface area contributed by atoms with E-state index in [1.54, 1.807) is 0 Å². The van der Waals surface area contributed by atoms with Gasteiger partial charge in [-0.15, -0.1) is 0 Å². The highest BCUT2D eigenvalue weighted by Crippen LogP contribution is 2.27. The van der Waals surface area contributed by atoms with Crippen molar-refractivity contribution in [2.75, 3.05) is 7.05 Å². The molecule has 62 valence electrons. The van der Waals surface area contributed by atoms with Crippen molar-refractivity contribution in [3.63, 3.8) is 0 Å². The van der Waals surface area contributed by atoms with Gasteiger partial charge in [-0.25, -0.2) is 0 Å². The number of hydrogen-bond acceptors (Lipinski definition) is 2. The van der Waals surface area contributed by atoms with Crippen LogP contribution in [0.5, 0.6) is 0 Å². The SMILES string of the molecule is CN1C(=O)C2=CCCC=C2C1=O. The second-order valence-corrected chi connectivity index (χ2v) is 2.98. The van der Waals surface area contributed by atoms with Crippen molar-refractivity contribution >= 4 is 11.8 Å². The quantitative estimate of drug-likeness (QED) is 0.491. The van der Waals surface area contributed by atoms with Gasteiger partial charge in [0.2, 0.25) is 0 Å². The van der Waals surface area contributed by atoms with Crippen LogP contribution >= 0.6 is 0 Å². The molecular weight excluding hydrogens is 154 g/mol. The first kappa shape index (κ1) is 7.28. The van der Waals surface area contributed by atoms with Gasteiger partial charge in [-0.05, 0) is 12.8 Å². The van der Waals surface area contributed by atoms with Crippen molar-refractivity contribution in [1.82, 2.24) is 4.90 Å². The van der Waals surface area contributed by atoms with Crippen molar-refractivity contribution in [2.24, 2.45) is 0 Å². The fraction of sp³-hybridized carbons (Fsp3) is 0.333. The van der Waals surface area contributed by atoms with E-state index < -0.39 is 0 Å². The summed E-state index contributed by atoms with van der Waals surface area (Å²) in [6.07, 6.45) is 5.43. The van der Waals surface area contributed by atoms with Gasteiger partial charge in [-0.2, -0.15) is 0 Å². The van der Waals surface area contributed by atoms with Gasteiger partial charge >= 0.3 is 0 Å². The molecular formula is C9H9NO2. The number of likely N-dealkylation sites (N-methyl/N-ethyl adjacent to an activating group) is 1. The van der Waals surface area contributed by atoms with Gasteiger partial charge in [-0.1, -0.05) is 12.2 Å². The molecule has 0 radical (unpaired) electrons. The molecule has 3 heteroatoms. The van der Waals surface area contributed by atoms with Gasteiger partial charge < -0.3 is 0 Å². The summed E-state index contributed by atoms with van der Waals surface area (Å²) in [4.78, 5) is 23.9. The average molecular weight is 163 g/mol. The summed E-state index contributed by atoms with van der Waals surface area (Å²) in [7, 11) is 1.52. The van der Waals surface area contributed by atoms with E-state index in [4.69, 9.17) is 0 Å². The standard InChI is InChI=1S/C9H9NO2/c1-10-8(11)6-4-2-3-5-7(6)9(10)12/h4-5H,2-3H2,1H3. The van der Waals surface area contributed by atoms with Crippen LogP contribution in [-0.4, -0.2) is 23.8 Å². The second-order valence-electron chi connectivity index (χ2n) is 2.98. The number of carbonyl (C=O) groups excluding carboxylic acids is 2. The fourth-order valence-corrected chi connectivity index (χ4v) is 1.53. The molecule has 0 saturated carbocycles. The van der Waals surface area contributed by atoms with E-state index in [2.05, 4.69) is 0 Å². The Balaban J connectivity index is 2.52. The number of carbonyl (C=O) groups is 2. The van der Waals surface area contributed by atoms with Crippen LogP contribution in [0.1, 0.15) is 12.8 Å². The molecule has 0 N–H and O–H groups in total. The van der Waals surface area contributed by atoms with E-state index in [9.17, 15) is 9.59 Å². The predicted molar refractivity (Wildman–Crippen MR) is 43.2 cm³/mol. The monoisotopic (exact) mass is 163 g/mol. The van der Waals surface area contributed by atoms with E-state index >= 15 is 0 Å². The summed E-state index contributed by atoms with van der Waals surface area (Å²) in [6.45, 7) is 0. The van der Waals surface area contributed by atoms with Crippen molar-refractivity contribution in [2.45, 2.75) is 12.8 Å². The maximum atomic E-state index is 11.3. The zero-order valence-electron chi connectivity index (χ0n) is 6.83. The van der Waals surface area contributed by atoms with Crippen LogP contribution in [0.4, 0.5) is 0 Å². The Hall–Kier alpha value is -1.38. The average Bonchev–Trinajstić information content (AvgIpc) is 2.33. The number of amides is 2. The van der Waals surface area contributed by atoms with Crippen molar-refractivity contribution in [3.8, 4) is 0 Å². The minimum atomic E-state index is -0.161. The lowest BCUT2D eigenvalue weighted by atomic mass is 10.0. The maximum Gasteiger partial charge on any atom is 0.260 e. The molecule has 2 aliphatic rings. The molecule has 0 aromatic rings. The molecule has 0 aromatic heterocycles. The lowest BCUT2D eigenvalue weighted by Crippen LogP contribution is -2.24. The maximum absolute atomic E-state index is 11.3. The van der Waals surface area contributed by atoms with Crippen LogP contribution < -0.4 is 0 Å². The number of nitrogens with zero attached hydrogens (tertiary/aromatic N) is 1. The zero-order chi connectivity index (χ0) is 8.72. The van der Waals surface area contributed by atoms with Gasteiger partial charge in [0.1, 0.15) is 0 Å². The lowest BCUT2D eigenvalue weighted by molar-refractivity contribution is -0.134. The molecule has 1 heterocycles. The van der Waals surface area contributed by atoms with Crippen molar-refractivity contribution in [1.29, 1.82) is 0 Å². The van der Waals surface area contributed by atoms with Gasteiger partial charge in [0.15, 0.2) is 0 Å². The highest BCUT2D eigenvalue weighted by atomic mass is 16.2. The highest BCUT2D eigenvalue weighted by Gasteiger charge is 2.36. The van der Waals surface area contributed by atoms with Crippen molar-refractivity contribution in [3.05, 3.63) is 23.3 Å². The Bertz CT molecular complexity index is 293. The zero-order valence-corrected chi connectivity index (χ0v) is 6.83. The molecule has 0 unspecified atom stereocenters. The summed E-state index contributed by atoms with van der Waals surface area (Å²) in [6, 6.07) is 0. The minimum absolute atomic E-state index is 0.161. The van der Waals surface area contributed by atoms with E-state index in [0.717, 1.165) is 12.8 Å². The number of imide groups is 1. The van der Waals surface area contributed by atoms with Gasteiger partial charge in [0, 0.05) is 18.2 Å². The molecule has 1 saturated heterocycles. The second kappa shape index (κ2) is 2.30. The first-order valence-corrected chi connectivity index (χ1v) is 3.95. The first-order chi connectivity index (χ1) is 5.72. The molecule has 1 aliphatic carbocycles. The number of rotatable bonds is 0. The number of hydrogen-bond donors (Lipinski definition) is 0. The van der Waals surface area contributed by atoms with Crippen LogP contribution in [-0.2, 0) is 9.59 Å². The predicted octanol–water partition coefficient (Wildman–Crippen LogP) is 0.632. The summed E-state index contributed by atoms with van der Waals surface area (Å²) in [5.74, 6) is -0.322. The molecule has 1 fully saturated rings. The minimum Gasteiger partial charge on any atom is -0.277 e. The Kier molecular flexibility index (Phi) is 1.40. The number of likely N-dealkylation sites (tertiary alicyclic amines) is 1. The van der Waals surface area contributed by atoms with E-state index in [-0.39, 0.29) is 11.8 Å². The van der Waals surface area contributed by atoms with Crippen LogP contribution in [0.3, 0.4) is 0 Å². The van der Waals surface area contributed by atoms with E-state index in [1.807, 2.05) is 12.2 Å². The molecule has 1 aliphatic heterocycles. The molecule has 0 bridgehead atoms. The van der Waals surface area contributed by atoms with Crippen molar-refractivity contribution < 1.29 is 9.59 Å². The summed E-state index contributed by atoms with van der Waals surface area (Å²) >= 11 is 0. The fourth-order valence-electron chi connectivity index (χ4n) is 1.53. The first-order valence-electron chi connectivity index (χ1n) is 3.95. The molecule has 2 rings (SSSR count). The Morgan fingerprint density at radius 3 is 1.92 bits per heavy atom. The van der Waals surface area contributed by atoms with Gasteiger partial charge in [-0.3, -0.25) is 14.5 Å². The summed E-state index contributed by atoms with van der Waals surface area (Å²) in [5, 5.41) is 0. The Morgan fingerprint density at radius 1 is 1.08 bits per heavy atom. The molecule has 0 spiro atoms. The summed E-state index contributed by atoms with van der Waals surface area (Å²) in [5.41, 5.74) is 1.18. The smallest absolute Gasteiger partial charge is 0.260 e. The number of allylic oxidation sites excluding steroid dienone is 2. The Morgan fingerprint density at radius 2 is 1.50 bits per heavy atom. The third kappa shape index (κ3) is 0.763. The molecule has 0 atom stereocenters. The number of fused-ring (bicyclic) bond motifs is 1. The molecule has 12 heavy (non-hydrogen) atoms. The molecule has 0 aromatic carbocycles. The van der Waals surface area contributed by atoms with Gasteiger partial charge in [0.25, 0.3) is 11.8 Å². The summed E-state index contributed by atoms with van der Waals surface area (Å²) < 4.78 is 0. The topological polar surface area (TPSA) is 37.4 Å². The lowest BCUT2D eigenvalue weighted by Gasteiger charge is -2.01. The van der Waals surface area contributed by atoms with Crippen LogP contribution in [0.25, 0.3) is 0 Å². The highest BCUT2D eigenvalue weighted by molar-refractivity contribution is 6.24. The van der Waals surface area contributed by atoms with Crippen LogP contribution in [0, 0.1) is 0 Å².